The molecule has 0 N–H and O–H groups in total. The highest BCUT2D eigenvalue weighted by molar-refractivity contribution is 8.09. The first-order valence-corrected chi connectivity index (χ1v) is 14.6. The van der Waals surface area contributed by atoms with E-state index in [1.54, 1.807) is 32.9 Å². The summed E-state index contributed by atoms with van der Waals surface area (Å²) in [4.78, 5) is 26.4. The maximum Gasteiger partial charge on any atom is 0.411 e. The molecular weight excluding hydrogens is 506 g/mol. The van der Waals surface area contributed by atoms with Gasteiger partial charge < -0.3 is 9.47 Å². The summed E-state index contributed by atoms with van der Waals surface area (Å²) in [5.41, 5.74) is -0.892. The Labute approximate surface area is 212 Å². The Balaban J connectivity index is 2.09. The highest BCUT2D eigenvalue weighted by atomic mass is 32.3. The number of ether oxygens (including phenoxy) is 2. The summed E-state index contributed by atoms with van der Waals surface area (Å²) in [6.07, 6.45) is -0.904. The molecule has 1 amide bonds. The Kier molecular flexibility index (Phi) is 8.14. The minimum Gasteiger partial charge on any atom is -0.467 e. The number of methoxy groups -OCH3 is 1. The first-order valence-electron chi connectivity index (χ1n) is 11.5. The van der Waals surface area contributed by atoms with Crippen LogP contribution in [-0.4, -0.2) is 63.2 Å². The minimum atomic E-state index is -4.40. The highest BCUT2D eigenvalue weighted by Gasteiger charge is 2.49. The number of nitrogens with zero attached hydrogens (tertiary/aromatic N) is 1. The summed E-state index contributed by atoms with van der Waals surface area (Å²) in [7, 11) is -7.62. The van der Waals surface area contributed by atoms with Crippen molar-refractivity contribution in [3.05, 3.63) is 60.7 Å². The van der Waals surface area contributed by atoms with Gasteiger partial charge in [0.15, 0.2) is 24.3 Å². The fraction of sp³-hybridized carbons (Fsp3) is 0.440. The topological polar surface area (TPSA) is 124 Å². The van der Waals surface area contributed by atoms with Crippen molar-refractivity contribution in [3.63, 3.8) is 0 Å². The molecule has 1 saturated heterocycles. The third-order valence-electron chi connectivity index (χ3n) is 5.88. The molecule has 0 radical (unpaired) electrons. The molecule has 0 spiro atoms. The molecule has 1 aliphatic heterocycles. The second-order valence-corrected chi connectivity index (χ2v) is 14.1. The lowest BCUT2D eigenvalue weighted by molar-refractivity contribution is -0.146. The van der Waals surface area contributed by atoms with Gasteiger partial charge in [0.05, 0.1) is 16.9 Å². The van der Waals surface area contributed by atoms with Gasteiger partial charge in [0.1, 0.15) is 11.6 Å². The molecule has 9 nitrogen and oxygen atoms in total. The number of carbonyl (C=O) groups excluding carboxylic acids is 2. The lowest BCUT2D eigenvalue weighted by atomic mass is 10.1. The van der Waals surface area contributed by atoms with E-state index in [4.69, 9.17) is 9.47 Å². The number of benzene rings is 2. The fourth-order valence-corrected chi connectivity index (χ4v) is 8.87. The first-order chi connectivity index (χ1) is 16.8. The molecule has 3 rings (SSSR count). The smallest absolute Gasteiger partial charge is 0.411 e. The van der Waals surface area contributed by atoms with Crippen LogP contribution in [0.2, 0.25) is 0 Å². The normalized spacial score (nSPS) is 18.8. The molecule has 36 heavy (non-hydrogen) atoms. The number of rotatable bonds is 7. The van der Waals surface area contributed by atoms with Gasteiger partial charge in [-0.1, -0.05) is 36.4 Å². The number of esters is 1. The van der Waals surface area contributed by atoms with E-state index in [1.165, 1.54) is 55.6 Å². The van der Waals surface area contributed by atoms with Crippen molar-refractivity contribution >= 4 is 31.7 Å². The van der Waals surface area contributed by atoms with E-state index in [0.29, 0.717) is 0 Å². The largest absolute Gasteiger partial charge is 0.467 e. The Morgan fingerprint density at radius 1 is 0.889 bits per heavy atom. The van der Waals surface area contributed by atoms with Crippen LogP contribution in [0.4, 0.5) is 4.79 Å². The molecule has 1 heterocycles. The Morgan fingerprint density at radius 3 is 1.78 bits per heavy atom. The van der Waals surface area contributed by atoms with E-state index in [1.807, 2.05) is 0 Å². The zero-order chi connectivity index (χ0) is 26.7. The summed E-state index contributed by atoms with van der Waals surface area (Å²) in [5, 5.41) is 0. The standard InChI is InChI=1S/C25H31NO8S2/c1-25(2,3)34-24(28)26-18(15-16-21(26)23(27)33-4)17-22(35(29,30)19-11-7-5-8-12-19)36(31,32)20-13-9-6-10-14-20/h5-14,18,21-22H,15-17H2,1-4H3/t18-,21-/m0/s1. The Morgan fingerprint density at radius 2 is 1.36 bits per heavy atom. The second kappa shape index (κ2) is 10.6. The summed E-state index contributed by atoms with van der Waals surface area (Å²) >= 11 is 0. The van der Waals surface area contributed by atoms with Gasteiger partial charge in [-0.15, -0.1) is 0 Å². The summed E-state index contributed by atoms with van der Waals surface area (Å²) in [5.74, 6) is -0.684. The lowest BCUT2D eigenvalue weighted by Gasteiger charge is -2.33. The van der Waals surface area contributed by atoms with Gasteiger partial charge in [0.25, 0.3) is 0 Å². The van der Waals surface area contributed by atoms with Gasteiger partial charge in [-0.2, -0.15) is 0 Å². The first kappa shape index (κ1) is 27.7. The number of hydrogen-bond acceptors (Lipinski definition) is 8. The fourth-order valence-electron chi connectivity index (χ4n) is 4.24. The average molecular weight is 538 g/mol. The molecule has 2 aromatic rings. The highest BCUT2D eigenvalue weighted by Crippen LogP contribution is 2.36. The Bertz CT molecular complexity index is 1220. The molecule has 1 fully saturated rings. The van der Waals surface area contributed by atoms with Crippen LogP contribution in [0.15, 0.2) is 70.5 Å². The molecule has 1 aliphatic rings. The molecule has 0 bridgehead atoms. The van der Waals surface area contributed by atoms with Crippen molar-refractivity contribution in [2.45, 2.75) is 72.1 Å². The molecule has 2 aromatic carbocycles. The van der Waals surface area contributed by atoms with Gasteiger partial charge in [-0.3, -0.25) is 4.90 Å². The summed E-state index contributed by atoms with van der Waals surface area (Å²) in [6, 6.07) is 12.7. The number of likely N-dealkylation sites (tertiary alicyclic amines) is 1. The quantitative estimate of drug-likeness (QED) is 0.491. The van der Waals surface area contributed by atoms with E-state index in [2.05, 4.69) is 0 Å². The van der Waals surface area contributed by atoms with Gasteiger partial charge in [-0.25, -0.2) is 26.4 Å². The van der Waals surface area contributed by atoms with Crippen LogP contribution in [0.3, 0.4) is 0 Å². The van der Waals surface area contributed by atoms with Gasteiger partial charge >= 0.3 is 12.1 Å². The molecular formula is C25H31NO8S2. The number of amides is 1. The number of sulfone groups is 2. The molecule has 0 aromatic heterocycles. The van der Waals surface area contributed by atoms with Crippen molar-refractivity contribution in [1.29, 1.82) is 0 Å². The third-order valence-corrected chi connectivity index (χ3v) is 11.0. The summed E-state index contributed by atoms with van der Waals surface area (Å²) < 4.78 is 63.3. The molecule has 196 valence electrons. The van der Waals surface area contributed by atoms with Crippen LogP contribution in [-0.2, 0) is 33.9 Å². The SMILES string of the molecule is COC(=O)[C@@H]1CC[C@@H](CC(S(=O)(=O)c2ccccc2)S(=O)(=O)c2ccccc2)N1C(=O)OC(C)(C)C. The maximum atomic E-state index is 13.7. The predicted octanol–water partition coefficient (Wildman–Crippen LogP) is 3.59. The van der Waals surface area contributed by atoms with Gasteiger partial charge in [0.2, 0.25) is 0 Å². The second-order valence-electron chi connectivity index (χ2n) is 9.54. The Hall–Kier alpha value is -2.92. The molecule has 0 aliphatic carbocycles. The van der Waals surface area contributed by atoms with Crippen molar-refractivity contribution in [1.82, 2.24) is 4.90 Å². The van der Waals surface area contributed by atoms with E-state index < -0.39 is 60.4 Å². The zero-order valence-corrected chi connectivity index (χ0v) is 22.3. The van der Waals surface area contributed by atoms with Crippen LogP contribution >= 0.6 is 0 Å². The monoisotopic (exact) mass is 537 g/mol. The summed E-state index contributed by atoms with van der Waals surface area (Å²) in [6.45, 7) is 4.98. The van der Waals surface area contributed by atoms with E-state index >= 15 is 0 Å². The average Bonchev–Trinajstić information content (AvgIpc) is 3.26. The van der Waals surface area contributed by atoms with Crippen molar-refractivity contribution in [3.8, 4) is 0 Å². The van der Waals surface area contributed by atoms with Crippen LogP contribution in [0.25, 0.3) is 0 Å². The van der Waals surface area contributed by atoms with Crippen LogP contribution in [0.5, 0.6) is 0 Å². The number of carbonyl (C=O) groups is 2. The van der Waals surface area contributed by atoms with E-state index in [9.17, 15) is 26.4 Å². The molecule has 0 saturated carbocycles. The van der Waals surface area contributed by atoms with Crippen LogP contribution < -0.4 is 0 Å². The molecule has 0 unspecified atom stereocenters. The maximum absolute atomic E-state index is 13.7. The van der Waals surface area contributed by atoms with Crippen LogP contribution in [0, 0.1) is 0 Å². The molecule has 11 heteroatoms. The zero-order valence-electron chi connectivity index (χ0n) is 20.7. The van der Waals surface area contributed by atoms with Gasteiger partial charge in [0, 0.05) is 6.04 Å². The third kappa shape index (κ3) is 5.89. The van der Waals surface area contributed by atoms with Crippen LogP contribution in [0.1, 0.15) is 40.0 Å². The van der Waals surface area contributed by atoms with E-state index in [0.717, 1.165) is 4.90 Å². The number of hydrogen-bond donors (Lipinski definition) is 0. The molecule has 2 atom stereocenters. The van der Waals surface area contributed by atoms with Gasteiger partial charge in [-0.05, 0) is 64.3 Å². The van der Waals surface area contributed by atoms with E-state index in [-0.39, 0.29) is 22.6 Å². The van der Waals surface area contributed by atoms with Crippen molar-refractivity contribution in [2.24, 2.45) is 0 Å². The minimum absolute atomic E-state index is 0.152. The van der Waals surface area contributed by atoms with Crippen molar-refractivity contribution < 1.29 is 35.9 Å². The lowest BCUT2D eigenvalue weighted by Crippen LogP contribution is -2.49. The predicted molar refractivity (Wildman–Crippen MR) is 133 cm³/mol. The van der Waals surface area contributed by atoms with Crippen molar-refractivity contribution in [2.75, 3.05) is 7.11 Å².